The van der Waals surface area contributed by atoms with Crippen molar-refractivity contribution in [3.8, 4) is 0 Å². The third-order valence-electron chi connectivity index (χ3n) is 3.76. The maximum atomic E-state index is 12.7. The van der Waals surface area contributed by atoms with Gasteiger partial charge in [-0.05, 0) is 30.9 Å². The summed E-state index contributed by atoms with van der Waals surface area (Å²) < 4.78 is 27.0. The summed E-state index contributed by atoms with van der Waals surface area (Å²) in [6.07, 6.45) is 4.53. The molecule has 0 spiro atoms. The molecule has 2 rings (SSSR count). The topological polar surface area (TPSA) is 62.3 Å². The molecule has 1 aliphatic heterocycles. The number of sulfonamides is 1. The summed E-state index contributed by atoms with van der Waals surface area (Å²) in [5.41, 5.74) is 0. The van der Waals surface area contributed by atoms with Gasteiger partial charge in [0.25, 0.3) is 0 Å². The van der Waals surface area contributed by atoms with E-state index in [1.807, 2.05) is 6.92 Å². The van der Waals surface area contributed by atoms with E-state index in [1.165, 1.54) is 0 Å². The Balaban J connectivity index is 2.25. The first-order valence-corrected chi connectivity index (χ1v) is 8.72. The SMILES string of the molecule is CCCNc1ncccc1S(=O)(=O)N1CCC(CC)C1. The van der Waals surface area contributed by atoms with E-state index in [9.17, 15) is 8.42 Å². The number of hydrogen-bond donors (Lipinski definition) is 1. The summed E-state index contributed by atoms with van der Waals surface area (Å²) in [5, 5.41) is 3.10. The minimum absolute atomic E-state index is 0.296. The molecule has 1 aliphatic rings. The van der Waals surface area contributed by atoms with E-state index >= 15 is 0 Å². The minimum atomic E-state index is -3.43. The van der Waals surface area contributed by atoms with Crippen LogP contribution >= 0.6 is 0 Å². The highest BCUT2D eigenvalue weighted by Crippen LogP contribution is 2.28. The number of nitrogens with one attached hydrogen (secondary N) is 1. The van der Waals surface area contributed by atoms with Gasteiger partial charge in [0.2, 0.25) is 10.0 Å². The third-order valence-corrected chi connectivity index (χ3v) is 5.65. The Morgan fingerprint density at radius 2 is 2.25 bits per heavy atom. The van der Waals surface area contributed by atoms with Gasteiger partial charge >= 0.3 is 0 Å². The molecule has 1 fully saturated rings. The predicted molar refractivity (Wildman–Crippen MR) is 80.2 cm³/mol. The van der Waals surface area contributed by atoms with E-state index in [4.69, 9.17) is 0 Å². The molecule has 0 aromatic carbocycles. The first-order valence-electron chi connectivity index (χ1n) is 7.28. The second-order valence-electron chi connectivity index (χ2n) is 5.20. The Labute approximate surface area is 121 Å². The Morgan fingerprint density at radius 1 is 1.45 bits per heavy atom. The van der Waals surface area contributed by atoms with Crippen LogP contribution in [0.5, 0.6) is 0 Å². The van der Waals surface area contributed by atoms with Crippen LogP contribution in [0.25, 0.3) is 0 Å². The van der Waals surface area contributed by atoms with Crippen LogP contribution < -0.4 is 5.32 Å². The van der Waals surface area contributed by atoms with Crippen LogP contribution in [0.1, 0.15) is 33.1 Å². The zero-order chi connectivity index (χ0) is 14.6. The lowest BCUT2D eigenvalue weighted by Crippen LogP contribution is -2.29. The zero-order valence-electron chi connectivity index (χ0n) is 12.2. The van der Waals surface area contributed by atoms with Gasteiger partial charge in [0.05, 0.1) is 0 Å². The van der Waals surface area contributed by atoms with E-state index in [0.717, 1.165) is 25.8 Å². The number of rotatable bonds is 6. The molecular formula is C14H23N3O2S. The predicted octanol–water partition coefficient (Wildman–Crippen LogP) is 2.32. The number of aromatic nitrogens is 1. The van der Waals surface area contributed by atoms with Crippen LogP contribution in [0.4, 0.5) is 5.82 Å². The lowest BCUT2D eigenvalue weighted by Gasteiger charge is -2.18. The van der Waals surface area contributed by atoms with Gasteiger partial charge in [-0.15, -0.1) is 0 Å². The second kappa shape index (κ2) is 6.54. The largest absolute Gasteiger partial charge is 0.369 e. The highest BCUT2D eigenvalue weighted by atomic mass is 32.2. The summed E-state index contributed by atoms with van der Waals surface area (Å²) in [5.74, 6) is 0.947. The summed E-state index contributed by atoms with van der Waals surface area (Å²) >= 11 is 0. The molecule has 1 N–H and O–H groups in total. The highest BCUT2D eigenvalue weighted by Gasteiger charge is 2.33. The highest BCUT2D eigenvalue weighted by molar-refractivity contribution is 7.89. The lowest BCUT2D eigenvalue weighted by molar-refractivity contribution is 0.453. The van der Waals surface area contributed by atoms with Crippen LogP contribution in [0.2, 0.25) is 0 Å². The molecule has 5 nitrogen and oxygen atoms in total. The molecule has 1 aromatic heterocycles. The van der Waals surface area contributed by atoms with Crippen molar-refractivity contribution in [1.29, 1.82) is 0 Å². The van der Waals surface area contributed by atoms with Gasteiger partial charge in [0, 0.05) is 25.8 Å². The number of nitrogens with zero attached hydrogens (tertiary/aromatic N) is 2. The van der Waals surface area contributed by atoms with Gasteiger partial charge in [-0.1, -0.05) is 20.3 Å². The Morgan fingerprint density at radius 3 is 2.90 bits per heavy atom. The van der Waals surface area contributed by atoms with Crippen molar-refractivity contribution < 1.29 is 8.42 Å². The van der Waals surface area contributed by atoms with Gasteiger partial charge in [-0.3, -0.25) is 0 Å². The van der Waals surface area contributed by atoms with Gasteiger partial charge in [-0.25, -0.2) is 13.4 Å². The van der Waals surface area contributed by atoms with E-state index in [-0.39, 0.29) is 0 Å². The molecule has 0 bridgehead atoms. The molecular weight excluding hydrogens is 274 g/mol. The molecule has 112 valence electrons. The fourth-order valence-corrected chi connectivity index (χ4v) is 4.11. The molecule has 2 heterocycles. The van der Waals surface area contributed by atoms with Crippen LogP contribution in [-0.4, -0.2) is 37.3 Å². The van der Waals surface area contributed by atoms with Crippen molar-refractivity contribution >= 4 is 15.8 Å². The summed E-state index contributed by atoms with van der Waals surface area (Å²) in [4.78, 5) is 4.47. The molecule has 1 aromatic rings. The minimum Gasteiger partial charge on any atom is -0.369 e. The fourth-order valence-electron chi connectivity index (χ4n) is 2.46. The quantitative estimate of drug-likeness (QED) is 0.875. The van der Waals surface area contributed by atoms with Crippen molar-refractivity contribution in [2.45, 2.75) is 38.0 Å². The van der Waals surface area contributed by atoms with Crippen molar-refractivity contribution in [3.63, 3.8) is 0 Å². The molecule has 6 heteroatoms. The molecule has 1 atom stereocenters. The van der Waals surface area contributed by atoms with Gasteiger partial charge in [0.15, 0.2) is 0 Å². The summed E-state index contributed by atoms with van der Waals surface area (Å²) in [7, 11) is -3.43. The molecule has 0 radical (unpaired) electrons. The molecule has 20 heavy (non-hydrogen) atoms. The van der Waals surface area contributed by atoms with Gasteiger partial charge in [-0.2, -0.15) is 4.31 Å². The first-order chi connectivity index (χ1) is 9.59. The first kappa shape index (κ1) is 15.3. The fraction of sp³-hybridized carbons (Fsp3) is 0.643. The van der Waals surface area contributed by atoms with Crippen molar-refractivity contribution in [2.24, 2.45) is 5.92 Å². The molecule has 1 saturated heterocycles. The van der Waals surface area contributed by atoms with E-state index in [2.05, 4.69) is 17.2 Å². The Bertz CT molecular complexity index is 545. The van der Waals surface area contributed by atoms with E-state index < -0.39 is 10.0 Å². The number of anilines is 1. The van der Waals surface area contributed by atoms with Crippen molar-refractivity contribution in [1.82, 2.24) is 9.29 Å². The molecule has 0 saturated carbocycles. The van der Waals surface area contributed by atoms with Crippen molar-refractivity contribution in [2.75, 3.05) is 25.0 Å². The Hall–Kier alpha value is -1.14. The maximum absolute atomic E-state index is 12.7. The van der Waals surface area contributed by atoms with Crippen LogP contribution in [-0.2, 0) is 10.0 Å². The van der Waals surface area contributed by atoms with Crippen LogP contribution in [0.15, 0.2) is 23.2 Å². The number of hydrogen-bond acceptors (Lipinski definition) is 4. The molecule has 1 unspecified atom stereocenters. The summed E-state index contributed by atoms with van der Waals surface area (Å²) in [6.45, 7) is 6.11. The number of pyridine rings is 1. The molecule has 0 amide bonds. The standard InChI is InChI=1S/C14H23N3O2S/c1-3-8-15-14-13(6-5-9-16-14)20(18,19)17-10-7-12(4-2)11-17/h5-6,9,12H,3-4,7-8,10-11H2,1-2H3,(H,15,16). The van der Waals surface area contributed by atoms with Crippen LogP contribution in [0, 0.1) is 5.92 Å². The maximum Gasteiger partial charge on any atom is 0.246 e. The van der Waals surface area contributed by atoms with Crippen LogP contribution in [0.3, 0.4) is 0 Å². The monoisotopic (exact) mass is 297 g/mol. The Kier molecular flexibility index (Phi) is 4.99. The zero-order valence-corrected chi connectivity index (χ0v) is 13.0. The van der Waals surface area contributed by atoms with Crippen molar-refractivity contribution in [3.05, 3.63) is 18.3 Å². The van der Waals surface area contributed by atoms with E-state index in [1.54, 1.807) is 22.6 Å². The summed E-state index contributed by atoms with van der Waals surface area (Å²) in [6, 6.07) is 3.32. The van der Waals surface area contributed by atoms with E-state index in [0.29, 0.717) is 29.7 Å². The smallest absolute Gasteiger partial charge is 0.246 e. The average Bonchev–Trinajstić information content (AvgIpc) is 2.95. The normalized spacial score (nSPS) is 20.2. The van der Waals surface area contributed by atoms with Gasteiger partial charge in [0.1, 0.15) is 10.7 Å². The third kappa shape index (κ3) is 3.12. The average molecular weight is 297 g/mol. The second-order valence-corrected chi connectivity index (χ2v) is 7.11. The molecule has 0 aliphatic carbocycles. The van der Waals surface area contributed by atoms with Gasteiger partial charge < -0.3 is 5.32 Å². The lowest BCUT2D eigenvalue weighted by atomic mass is 10.1.